The van der Waals surface area contributed by atoms with Crippen molar-refractivity contribution in [2.75, 3.05) is 19.8 Å². The van der Waals surface area contributed by atoms with Gasteiger partial charge in [0.25, 0.3) is 0 Å². The predicted molar refractivity (Wildman–Crippen MR) is 341 cm³/mol. The molecular formula is C70H121NO13. The maximum Gasteiger partial charge on any atom is 0.220 e. The maximum atomic E-state index is 13.3. The van der Waals surface area contributed by atoms with Crippen LogP contribution in [0.4, 0.5) is 0 Å². The molecule has 0 aromatic rings. The predicted octanol–water partition coefficient (Wildman–Crippen LogP) is 13.0. The molecule has 1 amide bonds. The molecule has 2 heterocycles. The Bertz CT molecular complexity index is 1780. The van der Waals surface area contributed by atoms with Gasteiger partial charge in [-0.05, 0) is 83.5 Å². The first-order chi connectivity index (χ1) is 41.1. The minimum absolute atomic E-state index is 0.213. The van der Waals surface area contributed by atoms with Crippen LogP contribution in [0.3, 0.4) is 0 Å². The van der Waals surface area contributed by atoms with Crippen molar-refractivity contribution in [3.05, 3.63) is 97.2 Å². The SMILES string of the molecule is CC/C=C\C/C=C\C/C=C\C/C=C\C/C=C\C/C=C\CCCCC(=O)NC(COC1OC(CO)C(OC2OC(CO)C(O)C(O)C2O)C(O)C1O)C(O)/C=C/CC/C=C/CCCCCCCCCCCCCCCCCCCCCCCCC. The summed E-state index contributed by atoms with van der Waals surface area (Å²) in [7, 11) is 0. The van der Waals surface area contributed by atoms with Gasteiger partial charge in [0.1, 0.15) is 48.8 Å². The molecule has 0 aromatic heterocycles. The first kappa shape index (κ1) is 77.0. The van der Waals surface area contributed by atoms with Crippen LogP contribution in [0.25, 0.3) is 0 Å². The third-order valence-electron chi connectivity index (χ3n) is 15.8. The van der Waals surface area contributed by atoms with Crippen LogP contribution in [-0.4, -0.2) is 140 Å². The third-order valence-corrected chi connectivity index (χ3v) is 15.8. The number of carbonyl (C=O) groups is 1. The Hall–Kier alpha value is -3.09. The first-order valence-electron chi connectivity index (χ1n) is 33.5. The molecule has 0 bridgehead atoms. The molecule has 2 rings (SSSR count). The van der Waals surface area contributed by atoms with Gasteiger partial charge in [0, 0.05) is 6.42 Å². The van der Waals surface area contributed by atoms with E-state index in [-0.39, 0.29) is 18.9 Å². The van der Waals surface area contributed by atoms with E-state index >= 15 is 0 Å². The van der Waals surface area contributed by atoms with Crippen molar-refractivity contribution in [3.63, 3.8) is 0 Å². The molecule has 2 saturated heterocycles. The summed E-state index contributed by atoms with van der Waals surface area (Å²) in [6.45, 7) is 2.65. The molecule has 12 unspecified atom stereocenters. The van der Waals surface area contributed by atoms with Crippen LogP contribution in [-0.2, 0) is 23.7 Å². The number of aliphatic hydroxyl groups is 8. The fourth-order valence-electron chi connectivity index (χ4n) is 10.4. The van der Waals surface area contributed by atoms with Crippen molar-refractivity contribution in [1.29, 1.82) is 0 Å². The molecule has 0 aliphatic carbocycles. The second kappa shape index (κ2) is 54.1. The molecule has 9 N–H and O–H groups in total. The fourth-order valence-corrected chi connectivity index (χ4v) is 10.4. The molecule has 2 aliphatic rings. The Morgan fingerprint density at radius 3 is 1.31 bits per heavy atom. The summed E-state index contributed by atoms with van der Waals surface area (Å²) in [5, 5.41) is 87.3. The Morgan fingerprint density at radius 1 is 0.440 bits per heavy atom. The number of ether oxygens (including phenoxy) is 4. The monoisotopic (exact) mass is 1180 g/mol. The zero-order valence-corrected chi connectivity index (χ0v) is 52.4. The lowest BCUT2D eigenvalue weighted by Gasteiger charge is -2.46. The molecule has 14 nitrogen and oxygen atoms in total. The molecule has 2 aliphatic heterocycles. The lowest BCUT2D eigenvalue weighted by Crippen LogP contribution is -2.65. The number of allylic oxidation sites excluding steroid dienone is 15. The first-order valence-corrected chi connectivity index (χ1v) is 33.5. The van der Waals surface area contributed by atoms with Gasteiger partial charge in [0.2, 0.25) is 5.91 Å². The standard InChI is InChI=1S/C70H121NO13/c1-3-5-7-9-11-13-15-17-19-21-23-25-26-27-28-29-30-31-32-34-35-37-39-41-43-45-47-49-51-53-59(74)58(57-81-69-67(80)65(78)68(61(56-73)83-69)84-70-66(79)64(77)63(76)60(55-72)82-70)71-62(75)54-52-50-48-46-44-42-40-38-36-33-24-22-20-18-16-14-12-10-8-6-4-2/h6,8,12,14,18,20,24,33,38,40,43-46,51,53,58-61,63-70,72-74,76-80H,3-5,7,9-11,13,15-17,19,21-23,25-32,34-37,39,41-42,47-50,52,54-57H2,1-2H3,(H,71,75)/b8-6-,14-12-,20-18-,33-24-,40-38-,45-43+,46-44-,53-51+. The summed E-state index contributed by atoms with van der Waals surface area (Å²) < 4.78 is 22.8. The summed E-state index contributed by atoms with van der Waals surface area (Å²) in [5.41, 5.74) is 0. The highest BCUT2D eigenvalue weighted by Crippen LogP contribution is 2.30. The van der Waals surface area contributed by atoms with E-state index in [2.05, 4.69) is 104 Å². The summed E-state index contributed by atoms with van der Waals surface area (Å²) in [6, 6.07) is -0.963. The largest absolute Gasteiger partial charge is 0.394 e. The van der Waals surface area contributed by atoms with Gasteiger partial charge < -0.3 is 65.1 Å². The lowest BCUT2D eigenvalue weighted by molar-refractivity contribution is -0.359. The highest BCUT2D eigenvalue weighted by atomic mass is 16.7. The van der Waals surface area contributed by atoms with E-state index in [1.807, 2.05) is 6.08 Å². The van der Waals surface area contributed by atoms with Crippen LogP contribution in [0, 0.1) is 0 Å². The number of aliphatic hydroxyl groups excluding tert-OH is 8. The van der Waals surface area contributed by atoms with Crippen molar-refractivity contribution in [1.82, 2.24) is 5.32 Å². The zero-order valence-electron chi connectivity index (χ0n) is 52.4. The summed E-state index contributed by atoms with van der Waals surface area (Å²) >= 11 is 0. The molecular weight excluding hydrogens is 1060 g/mol. The lowest BCUT2D eigenvalue weighted by atomic mass is 9.97. The third kappa shape index (κ3) is 38.2. The molecule has 84 heavy (non-hydrogen) atoms. The molecule has 12 atom stereocenters. The quantitative estimate of drug-likeness (QED) is 0.0204. The van der Waals surface area contributed by atoms with E-state index in [1.54, 1.807) is 6.08 Å². The fraction of sp³-hybridized carbons (Fsp3) is 0.757. The molecule has 0 radical (unpaired) electrons. The van der Waals surface area contributed by atoms with Crippen LogP contribution in [0.1, 0.15) is 245 Å². The van der Waals surface area contributed by atoms with Gasteiger partial charge in [-0.1, -0.05) is 252 Å². The Labute approximate surface area is 509 Å². The van der Waals surface area contributed by atoms with Crippen LogP contribution >= 0.6 is 0 Å². The van der Waals surface area contributed by atoms with Crippen molar-refractivity contribution < 1.29 is 64.6 Å². The molecule has 484 valence electrons. The van der Waals surface area contributed by atoms with Gasteiger partial charge in [-0.2, -0.15) is 0 Å². The number of carbonyl (C=O) groups excluding carboxylic acids is 1. The maximum absolute atomic E-state index is 13.3. The van der Waals surface area contributed by atoms with Gasteiger partial charge in [-0.15, -0.1) is 0 Å². The van der Waals surface area contributed by atoms with Crippen molar-refractivity contribution in [2.24, 2.45) is 0 Å². The van der Waals surface area contributed by atoms with E-state index in [1.165, 1.54) is 148 Å². The number of amides is 1. The normalized spacial score (nSPS) is 24.3. The minimum Gasteiger partial charge on any atom is -0.394 e. The van der Waals surface area contributed by atoms with Gasteiger partial charge >= 0.3 is 0 Å². The van der Waals surface area contributed by atoms with Crippen LogP contribution in [0.5, 0.6) is 0 Å². The number of hydrogen-bond acceptors (Lipinski definition) is 13. The van der Waals surface area contributed by atoms with E-state index < -0.39 is 86.8 Å². The summed E-state index contributed by atoms with van der Waals surface area (Å²) in [6.07, 6.45) is 59.0. The number of rotatable bonds is 53. The topological polar surface area (TPSA) is 228 Å². The van der Waals surface area contributed by atoms with Gasteiger partial charge in [-0.3, -0.25) is 4.79 Å². The van der Waals surface area contributed by atoms with Crippen LogP contribution in [0.2, 0.25) is 0 Å². The van der Waals surface area contributed by atoms with E-state index in [0.29, 0.717) is 12.8 Å². The van der Waals surface area contributed by atoms with Crippen molar-refractivity contribution >= 4 is 5.91 Å². The molecule has 0 spiro atoms. The summed E-state index contributed by atoms with van der Waals surface area (Å²) in [4.78, 5) is 13.3. The van der Waals surface area contributed by atoms with E-state index in [9.17, 15) is 45.6 Å². The Balaban J connectivity index is 1.74. The number of nitrogens with one attached hydrogen (secondary N) is 1. The van der Waals surface area contributed by atoms with E-state index in [0.717, 1.165) is 64.2 Å². The van der Waals surface area contributed by atoms with Gasteiger partial charge in [-0.25, -0.2) is 0 Å². The average Bonchev–Trinajstić information content (AvgIpc) is 3.18. The second-order valence-electron chi connectivity index (χ2n) is 23.2. The average molecular weight is 1180 g/mol. The van der Waals surface area contributed by atoms with Gasteiger partial charge in [0.15, 0.2) is 12.6 Å². The molecule has 0 aromatic carbocycles. The van der Waals surface area contributed by atoms with Crippen LogP contribution in [0.15, 0.2) is 97.2 Å². The Kier molecular flexibility index (Phi) is 49.6. The Morgan fingerprint density at radius 2 is 0.833 bits per heavy atom. The number of hydrogen-bond donors (Lipinski definition) is 9. The minimum atomic E-state index is -1.80. The molecule has 2 fully saturated rings. The molecule has 14 heteroatoms. The van der Waals surface area contributed by atoms with E-state index in [4.69, 9.17) is 18.9 Å². The van der Waals surface area contributed by atoms with Crippen molar-refractivity contribution in [3.8, 4) is 0 Å². The smallest absolute Gasteiger partial charge is 0.220 e. The van der Waals surface area contributed by atoms with Crippen LogP contribution < -0.4 is 5.32 Å². The summed E-state index contributed by atoms with van der Waals surface area (Å²) in [5.74, 6) is -0.293. The highest BCUT2D eigenvalue weighted by Gasteiger charge is 2.51. The number of unbranched alkanes of at least 4 members (excludes halogenated alkanes) is 26. The highest BCUT2D eigenvalue weighted by molar-refractivity contribution is 5.76. The van der Waals surface area contributed by atoms with Gasteiger partial charge in [0.05, 0.1) is 32.0 Å². The molecule has 0 saturated carbocycles. The van der Waals surface area contributed by atoms with Crippen molar-refractivity contribution in [2.45, 2.75) is 319 Å². The zero-order chi connectivity index (χ0) is 60.9. The second-order valence-corrected chi connectivity index (χ2v) is 23.2.